The zero-order valence-corrected chi connectivity index (χ0v) is 11.0. The molecule has 4 heteroatoms. The molecule has 0 aliphatic carbocycles. The van der Waals surface area contributed by atoms with Crippen molar-refractivity contribution in [3.05, 3.63) is 29.8 Å². The first-order valence-corrected chi connectivity index (χ1v) is 5.84. The maximum Gasteiger partial charge on any atom is 0.227 e. The van der Waals surface area contributed by atoms with Gasteiger partial charge >= 0.3 is 0 Å². The highest BCUT2D eigenvalue weighted by atomic mass is 16.5. The fourth-order valence-electron chi connectivity index (χ4n) is 1.71. The molecule has 1 aromatic carbocycles. The third kappa shape index (κ3) is 3.86. The molecule has 0 bridgehead atoms. The van der Waals surface area contributed by atoms with Crippen LogP contribution in [0.15, 0.2) is 24.3 Å². The van der Waals surface area contributed by atoms with Crippen molar-refractivity contribution in [3.63, 3.8) is 0 Å². The maximum absolute atomic E-state index is 12.0. The van der Waals surface area contributed by atoms with E-state index in [1.807, 2.05) is 13.0 Å². The van der Waals surface area contributed by atoms with E-state index in [-0.39, 0.29) is 11.8 Å². The number of nitrogens with zero attached hydrogens (tertiary/aromatic N) is 2. The van der Waals surface area contributed by atoms with Gasteiger partial charge in [-0.15, -0.1) is 0 Å². The Bertz CT molecular complexity index is 451. The number of carbonyl (C=O) groups is 1. The first-order chi connectivity index (χ1) is 8.58. The number of hydrogen-bond acceptors (Lipinski definition) is 3. The Labute approximate surface area is 108 Å². The lowest BCUT2D eigenvalue weighted by Gasteiger charge is -2.19. The molecule has 1 rings (SSSR count). The van der Waals surface area contributed by atoms with Crippen LogP contribution in [0, 0.1) is 17.2 Å². The second-order valence-corrected chi connectivity index (χ2v) is 4.38. The predicted molar refractivity (Wildman–Crippen MR) is 70.2 cm³/mol. The van der Waals surface area contributed by atoms with Gasteiger partial charge in [-0.2, -0.15) is 5.26 Å². The monoisotopic (exact) mass is 246 g/mol. The average Bonchev–Trinajstić information content (AvgIpc) is 2.38. The Morgan fingerprint density at radius 2 is 2.28 bits per heavy atom. The second-order valence-electron chi connectivity index (χ2n) is 4.38. The summed E-state index contributed by atoms with van der Waals surface area (Å²) < 4.78 is 5.01. The summed E-state index contributed by atoms with van der Waals surface area (Å²) >= 11 is 0. The summed E-state index contributed by atoms with van der Waals surface area (Å²) in [4.78, 5) is 13.6. The highest BCUT2D eigenvalue weighted by molar-refractivity contribution is 5.93. The number of hydrogen-bond donors (Lipinski definition) is 0. The summed E-state index contributed by atoms with van der Waals surface area (Å²) in [5.41, 5.74) is 1.29. The summed E-state index contributed by atoms with van der Waals surface area (Å²) in [6, 6.07) is 9.08. The van der Waals surface area contributed by atoms with Crippen molar-refractivity contribution in [1.29, 1.82) is 5.26 Å². The molecular formula is C14H18N2O2. The Kier molecular flexibility index (Phi) is 5.34. The fraction of sp³-hybridized carbons (Fsp3) is 0.429. The van der Waals surface area contributed by atoms with Gasteiger partial charge in [0.2, 0.25) is 5.91 Å². The van der Waals surface area contributed by atoms with Gasteiger partial charge in [0, 0.05) is 32.9 Å². The summed E-state index contributed by atoms with van der Waals surface area (Å²) in [5, 5.41) is 8.83. The molecule has 0 saturated carbocycles. The van der Waals surface area contributed by atoms with Crippen molar-refractivity contribution in [2.24, 2.45) is 5.92 Å². The predicted octanol–water partition coefficient (Wildman–Crippen LogP) is 2.19. The SMILES string of the molecule is COCC(C)CC(=O)N(C)c1cccc(C#N)c1. The molecule has 0 saturated heterocycles. The molecule has 0 N–H and O–H groups in total. The standard InChI is InChI=1S/C14H18N2O2/c1-11(10-18-3)7-14(17)16(2)13-6-4-5-12(8-13)9-15/h4-6,8,11H,7,10H2,1-3H3. The van der Waals surface area contributed by atoms with Crippen LogP contribution in [0.1, 0.15) is 18.9 Å². The van der Waals surface area contributed by atoms with Crippen molar-refractivity contribution >= 4 is 11.6 Å². The number of methoxy groups -OCH3 is 1. The Hall–Kier alpha value is -1.86. The van der Waals surface area contributed by atoms with Crippen molar-refractivity contribution in [2.75, 3.05) is 25.7 Å². The van der Waals surface area contributed by atoms with Gasteiger partial charge in [-0.3, -0.25) is 4.79 Å². The minimum Gasteiger partial charge on any atom is -0.384 e. The third-order valence-electron chi connectivity index (χ3n) is 2.71. The molecule has 1 aromatic rings. The minimum absolute atomic E-state index is 0.0228. The first-order valence-electron chi connectivity index (χ1n) is 5.84. The van der Waals surface area contributed by atoms with Crippen molar-refractivity contribution < 1.29 is 9.53 Å². The number of rotatable bonds is 5. The number of carbonyl (C=O) groups excluding carboxylic acids is 1. The molecule has 18 heavy (non-hydrogen) atoms. The van der Waals surface area contributed by atoms with E-state index in [1.165, 1.54) is 0 Å². The van der Waals surface area contributed by atoms with Crippen molar-refractivity contribution in [2.45, 2.75) is 13.3 Å². The molecular weight excluding hydrogens is 228 g/mol. The molecule has 0 radical (unpaired) electrons. The van der Waals surface area contributed by atoms with Gasteiger partial charge in [-0.1, -0.05) is 13.0 Å². The number of ether oxygens (including phenoxy) is 1. The third-order valence-corrected chi connectivity index (χ3v) is 2.71. The number of anilines is 1. The number of amides is 1. The van der Waals surface area contributed by atoms with E-state index in [1.54, 1.807) is 37.3 Å². The van der Waals surface area contributed by atoms with Crippen LogP contribution in [0.5, 0.6) is 0 Å². The highest BCUT2D eigenvalue weighted by Crippen LogP contribution is 2.16. The van der Waals surface area contributed by atoms with Gasteiger partial charge < -0.3 is 9.64 Å². The molecule has 4 nitrogen and oxygen atoms in total. The molecule has 0 heterocycles. The average molecular weight is 246 g/mol. The largest absolute Gasteiger partial charge is 0.384 e. The molecule has 1 unspecified atom stereocenters. The second kappa shape index (κ2) is 6.77. The summed E-state index contributed by atoms with van der Waals surface area (Å²) in [5.74, 6) is 0.207. The first kappa shape index (κ1) is 14.2. The van der Waals surface area contributed by atoms with Crippen molar-refractivity contribution in [3.8, 4) is 6.07 Å². The normalized spacial score (nSPS) is 11.7. The van der Waals surface area contributed by atoms with Gasteiger partial charge in [0.15, 0.2) is 0 Å². The molecule has 1 amide bonds. The summed E-state index contributed by atoms with van der Waals surface area (Å²) in [6.45, 7) is 2.54. The van der Waals surface area contributed by atoms with Gasteiger partial charge in [0.1, 0.15) is 0 Å². The molecule has 0 fully saturated rings. The Morgan fingerprint density at radius 1 is 1.56 bits per heavy atom. The van der Waals surface area contributed by atoms with Crippen LogP contribution < -0.4 is 4.90 Å². The van der Waals surface area contributed by atoms with E-state index in [9.17, 15) is 4.79 Å². The topological polar surface area (TPSA) is 53.3 Å². The van der Waals surface area contributed by atoms with Crippen LogP contribution in [0.4, 0.5) is 5.69 Å². The highest BCUT2D eigenvalue weighted by Gasteiger charge is 2.14. The van der Waals surface area contributed by atoms with Crippen LogP contribution in [0.2, 0.25) is 0 Å². The van der Waals surface area contributed by atoms with Crippen LogP contribution in [-0.4, -0.2) is 26.7 Å². The molecule has 0 aromatic heterocycles. The van der Waals surface area contributed by atoms with Gasteiger partial charge in [-0.25, -0.2) is 0 Å². The molecule has 96 valence electrons. The molecule has 1 atom stereocenters. The quantitative estimate of drug-likeness (QED) is 0.800. The van der Waals surface area contributed by atoms with E-state index in [2.05, 4.69) is 6.07 Å². The Morgan fingerprint density at radius 3 is 2.89 bits per heavy atom. The maximum atomic E-state index is 12.0. The van der Waals surface area contributed by atoms with Crippen LogP contribution >= 0.6 is 0 Å². The lowest BCUT2D eigenvalue weighted by atomic mass is 10.1. The molecule has 0 aliphatic heterocycles. The van der Waals surface area contributed by atoms with Gasteiger partial charge in [-0.05, 0) is 24.1 Å². The van der Waals surface area contributed by atoms with Crippen molar-refractivity contribution in [1.82, 2.24) is 0 Å². The zero-order chi connectivity index (χ0) is 13.5. The number of nitriles is 1. The zero-order valence-electron chi connectivity index (χ0n) is 11.0. The van der Waals surface area contributed by atoms with Crippen LogP contribution in [-0.2, 0) is 9.53 Å². The van der Waals surface area contributed by atoms with Crippen LogP contribution in [0.25, 0.3) is 0 Å². The van der Waals surface area contributed by atoms with Crippen LogP contribution in [0.3, 0.4) is 0 Å². The van der Waals surface area contributed by atoms with E-state index in [4.69, 9.17) is 10.00 Å². The molecule has 0 aliphatic rings. The van der Waals surface area contributed by atoms with Gasteiger partial charge in [0.05, 0.1) is 11.6 Å². The fourth-order valence-corrected chi connectivity index (χ4v) is 1.71. The lowest BCUT2D eigenvalue weighted by molar-refractivity contribution is -0.119. The molecule has 0 spiro atoms. The lowest BCUT2D eigenvalue weighted by Crippen LogP contribution is -2.28. The van der Waals surface area contributed by atoms with E-state index in [0.717, 1.165) is 5.69 Å². The summed E-state index contributed by atoms with van der Waals surface area (Å²) in [7, 11) is 3.35. The van der Waals surface area contributed by atoms with E-state index in [0.29, 0.717) is 18.6 Å². The Balaban J connectivity index is 2.71. The minimum atomic E-state index is 0.0228. The van der Waals surface area contributed by atoms with E-state index < -0.39 is 0 Å². The van der Waals surface area contributed by atoms with E-state index >= 15 is 0 Å². The van der Waals surface area contributed by atoms with Gasteiger partial charge in [0.25, 0.3) is 0 Å². The summed E-state index contributed by atoms with van der Waals surface area (Å²) in [6.07, 6.45) is 0.432. The number of benzene rings is 1. The smallest absolute Gasteiger partial charge is 0.227 e.